The molecule has 210 valence electrons. The van der Waals surface area contributed by atoms with Crippen LogP contribution in [0.5, 0.6) is 0 Å². The van der Waals surface area contributed by atoms with Gasteiger partial charge in [0.2, 0.25) is 11.8 Å². The summed E-state index contributed by atoms with van der Waals surface area (Å²) < 4.78 is 0. The fourth-order valence-corrected chi connectivity index (χ4v) is 9.79. The van der Waals surface area contributed by atoms with Crippen LogP contribution in [0.3, 0.4) is 0 Å². The Bertz CT molecular complexity index is 1290. The van der Waals surface area contributed by atoms with E-state index in [0.717, 1.165) is 46.9 Å². The average Bonchev–Trinajstić information content (AvgIpc) is 3.26. The summed E-state index contributed by atoms with van der Waals surface area (Å²) in [5.74, 6) is 3.12. The molecule has 0 spiro atoms. The zero-order valence-electron chi connectivity index (χ0n) is 23.1. The molecule has 8 rings (SSSR count). The summed E-state index contributed by atoms with van der Waals surface area (Å²) in [6.45, 7) is 2.67. The maximum absolute atomic E-state index is 13.1. The van der Waals surface area contributed by atoms with Crippen molar-refractivity contribution in [2.45, 2.75) is 81.0 Å². The van der Waals surface area contributed by atoms with E-state index < -0.39 is 6.04 Å². The lowest BCUT2D eigenvalue weighted by molar-refractivity contribution is -0.136. The number of hydrogen-bond donors (Lipinski definition) is 2. The molecule has 2 aromatic rings. The maximum atomic E-state index is 13.1. The number of nitrogens with zero attached hydrogens (tertiary/aromatic N) is 1. The summed E-state index contributed by atoms with van der Waals surface area (Å²) in [6.07, 6.45) is 10.6. The third-order valence-corrected chi connectivity index (χ3v) is 11.4. The maximum Gasteiger partial charge on any atom is 0.255 e. The minimum absolute atomic E-state index is 0.117. The number of benzene rings is 2. The quantitative estimate of drug-likeness (QED) is 0.255. The van der Waals surface area contributed by atoms with Crippen LogP contribution in [0.2, 0.25) is 0 Å². The summed E-state index contributed by atoms with van der Waals surface area (Å²) in [7, 11) is 0. The number of carbonyl (C=O) groups excluding carboxylic acids is 3. The first-order chi connectivity index (χ1) is 19.4. The van der Waals surface area contributed by atoms with E-state index in [1.807, 2.05) is 12.1 Å². The van der Waals surface area contributed by atoms with Gasteiger partial charge in [-0.25, -0.2) is 0 Å². The summed E-state index contributed by atoms with van der Waals surface area (Å²) in [4.78, 5) is 39.8. The normalized spacial score (nSPS) is 30.6. The van der Waals surface area contributed by atoms with E-state index in [1.54, 1.807) is 16.7 Å². The Morgan fingerprint density at radius 2 is 1.62 bits per heavy atom. The van der Waals surface area contributed by atoms with E-state index >= 15 is 0 Å². The Morgan fingerprint density at radius 1 is 0.925 bits per heavy atom. The monoisotopic (exact) mass is 557 g/mol. The van der Waals surface area contributed by atoms with E-state index in [-0.39, 0.29) is 24.1 Å². The molecule has 2 aliphatic heterocycles. The Kier molecular flexibility index (Phi) is 6.99. The number of hydrogen-bond acceptors (Lipinski definition) is 5. The van der Waals surface area contributed by atoms with Gasteiger partial charge in [-0.3, -0.25) is 19.7 Å². The predicted molar refractivity (Wildman–Crippen MR) is 156 cm³/mol. The van der Waals surface area contributed by atoms with Gasteiger partial charge in [-0.1, -0.05) is 30.3 Å². The highest BCUT2D eigenvalue weighted by atomic mass is 32.2. The number of nitrogens with one attached hydrogen (secondary N) is 2. The Labute approximate surface area is 241 Å². The number of amides is 3. The number of imide groups is 1. The third kappa shape index (κ3) is 5.11. The van der Waals surface area contributed by atoms with Crippen molar-refractivity contribution in [1.82, 2.24) is 15.5 Å². The third-order valence-electron chi connectivity index (χ3n) is 10.2. The molecule has 4 bridgehead atoms. The van der Waals surface area contributed by atoms with Gasteiger partial charge in [0.15, 0.2) is 0 Å². The van der Waals surface area contributed by atoms with Crippen LogP contribution in [0.25, 0.3) is 0 Å². The summed E-state index contributed by atoms with van der Waals surface area (Å²) in [5.41, 5.74) is 4.89. The molecule has 3 amide bonds. The van der Waals surface area contributed by atoms with Crippen molar-refractivity contribution < 1.29 is 14.4 Å². The topological polar surface area (TPSA) is 78.5 Å². The molecular formula is C33H39N3O3S. The van der Waals surface area contributed by atoms with Crippen molar-refractivity contribution in [1.29, 1.82) is 0 Å². The minimum Gasteiger partial charge on any atom is -0.322 e. The Morgan fingerprint density at radius 3 is 2.33 bits per heavy atom. The molecule has 7 heteroatoms. The zero-order chi connectivity index (χ0) is 27.3. The van der Waals surface area contributed by atoms with Gasteiger partial charge in [-0.05, 0) is 110 Å². The Balaban J connectivity index is 0.909. The van der Waals surface area contributed by atoms with Crippen LogP contribution in [0.4, 0.5) is 0 Å². The first-order valence-corrected chi connectivity index (χ1v) is 16.1. The molecule has 6 nitrogen and oxygen atoms in total. The number of fused-ring (bicyclic) bond motifs is 1. The van der Waals surface area contributed by atoms with Gasteiger partial charge in [-0.15, -0.1) is 11.8 Å². The van der Waals surface area contributed by atoms with E-state index in [4.69, 9.17) is 0 Å². The van der Waals surface area contributed by atoms with Gasteiger partial charge >= 0.3 is 0 Å². The highest BCUT2D eigenvalue weighted by molar-refractivity contribution is 7.98. The number of rotatable bonds is 9. The van der Waals surface area contributed by atoms with Gasteiger partial charge in [0.1, 0.15) is 6.04 Å². The van der Waals surface area contributed by atoms with E-state index in [2.05, 4.69) is 41.0 Å². The van der Waals surface area contributed by atoms with Crippen molar-refractivity contribution in [2.24, 2.45) is 23.2 Å². The van der Waals surface area contributed by atoms with E-state index in [9.17, 15) is 14.4 Å². The molecule has 1 unspecified atom stereocenters. The van der Waals surface area contributed by atoms with Gasteiger partial charge in [-0.2, -0.15) is 0 Å². The van der Waals surface area contributed by atoms with Crippen molar-refractivity contribution in [3.8, 4) is 0 Å². The zero-order valence-corrected chi connectivity index (χ0v) is 23.9. The summed E-state index contributed by atoms with van der Waals surface area (Å²) >= 11 is 1.74. The second-order valence-corrected chi connectivity index (χ2v) is 14.1. The van der Waals surface area contributed by atoms with Gasteiger partial charge in [0.05, 0.1) is 0 Å². The smallest absolute Gasteiger partial charge is 0.255 e. The van der Waals surface area contributed by atoms with Crippen molar-refractivity contribution in [2.75, 3.05) is 13.1 Å². The van der Waals surface area contributed by atoms with Crippen LogP contribution >= 0.6 is 11.8 Å². The molecule has 4 aliphatic carbocycles. The summed E-state index contributed by atoms with van der Waals surface area (Å²) in [5, 5.41) is 6.22. The van der Waals surface area contributed by atoms with Gasteiger partial charge in [0, 0.05) is 35.7 Å². The lowest BCUT2D eigenvalue weighted by Crippen LogP contribution is -2.52. The molecule has 2 N–H and O–H groups in total. The number of thioether (sulfide) groups is 1. The molecule has 5 fully saturated rings. The fourth-order valence-electron chi connectivity index (χ4n) is 8.75. The minimum atomic E-state index is -0.579. The molecule has 0 aromatic heterocycles. The van der Waals surface area contributed by atoms with E-state index in [0.29, 0.717) is 23.9 Å². The van der Waals surface area contributed by atoms with Crippen LogP contribution in [0, 0.1) is 23.2 Å². The molecule has 40 heavy (non-hydrogen) atoms. The first-order valence-electron chi connectivity index (χ1n) is 15.1. The molecule has 1 atom stereocenters. The highest BCUT2D eigenvalue weighted by Gasteiger charge is 2.50. The highest BCUT2D eigenvalue weighted by Crippen LogP contribution is 2.59. The largest absolute Gasteiger partial charge is 0.322 e. The SMILES string of the molecule is O=C1CCC(N2Cc3c(SCc4ccc(CCNCC56CC7CC(CC(C7)C5)C6)cc4)cccc3C2=O)C(=O)N1. The molecular weight excluding hydrogens is 518 g/mol. The first kappa shape index (κ1) is 26.3. The lowest BCUT2D eigenvalue weighted by Gasteiger charge is -2.57. The summed E-state index contributed by atoms with van der Waals surface area (Å²) in [6, 6.07) is 14.2. The van der Waals surface area contributed by atoms with Crippen molar-refractivity contribution in [3.63, 3.8) is 0 Å². The standard InChI is InChI=1S/C33H39N3O3S/c37-30-9-8-28(31(38)35-30)36-18-27-26(32(36)39)2-1-3-29(27)40-19-22-6-4-21(5-7-22)10-11-34-20-33-15-23-12-24(16-33)14-25(13-23)17-33/h1-7,23-25,28,34H,8-20H2,(H,35,37,38). The lowest BCUT2D eigenvalue weighted by atomic mass is 9.49. The Hall–Kier alpha value is -2.64. The molecule has 2 heterocycles. The second-order valence-electron chi connectivity index (χ2n) is 13.1. The average molecular weight is 558 g/mol. The molecule has 1 saturated heterocycles. The molecule has 0 radical (unpaired) electrons. The van der Waals surface area contributed by atoms with Crippen molar-refractivity contribution >= 4 is 29.5 Å². The number of piperidine rings is 1. The molecule has 2 aromatic carbocycles. The van der Waals surface area contributed by atoms with Crippen LogP contribution in [-0.4, -0.2) is 41.8 Å². The van der Waals surface area contributed by atoms with Crippen LogP contribution in [0.15, 0.2) is 47.4 Å². The van der Waals surface area contributed by atoms with Crippen LogP contribution in [0.1, 0.15) is 78.4 Å². The predicted octanol–water partition coefficient (Wildman–Crippen LogP) is 5.09. The second kappa shape index (κ2) is 10.6. The van der Waals surface area contributed by atoms with Gasteiger partial charge in [0.25, 0.3) is 5.91 Å². The van der Waals surface area contributed by atoms with Crippen LogP contribution < -0.4 is 10.6 Å². The van der Waals surface area contributed by atoms with E-state index in [1.165, 1.54) is 56.2 Å². The van der Waals surface area contributed by atoms with Crippen molar-refractivity contribution in [3.05, 3.63) is 64.7 Å². The number of carbonyl (C=O) groups is 3. The fraction of sp³-hybridized carbons (Fsp3) is 0.545. The molecule has 6 aliphatic rings. The van der Waals surface area contributed by atoms with Gasteiger partial charge < -0.3 is 10.2 Å². The van der Waals surface area contributed by atoms with Crippen LogP contribution in [-0.2, 0) is 28.3 Å². The molecule has 4 saturated carbocycles.